The van der Waals surface area contributed by atoms with E-state index < -0.39 is 0 Å². The minimum Gasteiger partial charge on any atom is -0.352 e. The van der Waals surface area contributed by atoms with Crippen LogP contribution in [-0.2, 0) is 4.79 Å². The van der Waals surface area contributed by atoms with Gasteiger partial charge < -0.3 is 5.32 Å². The van der Waals surface area contributed by atoms with Crippen LogP contribution in [0.5, 0.6) is 0 Å². The number of anilines is 1. The van der Waals surface area contributed by atoms with Gasteiger partial charge in [-0.2, -0.15) is 0 Å². The fourth-order valence-corrected chi connectivity index (χ4v) is 2.75. The largest absolute Gasteiger partial charge is 0.352 e. The van der Waals surface area contributed by atoms with Crippen LogP contribution in [0.1, 0.15) is 31.1 Å². The summed E-state index contributed by atoms with van der Waals surface area (Å²) in [6.45, 7) is 6.15. The third kappa shape index (κ3) is 2.34. The first-order valence-corrected chi connectivity index (χ1v) is 7.62. The maximum Gasteiger partial charge on any atom is 0.259 e. The van der Waals surface area contributed by atoms with Gasteiger partial charge in [0.1, 0.15) is 6.54 Å². The predicted octanol–water partition coefficient (Wildman–Crippen LogP) is 2.96. The van der Waals surface area contributed by atoms with Crippen LogP contribution in [-0.4, -0.2) is 24.4 Å². The number of nitrogens with zero attached hydrogens (tertiary/aromatic N) is 1. The molecule has 1 aliphatic heterocycles. The van der Waals surface area contributed by atoms with Crippen molar-refractivity contribution in [3.63, 3.8) is 0 Å². The van der Waals surface area contributed by atoms with Crippen LogP contribution in [0.2, 0.25) is 0 Å². The average Bonchev–Trinajstić information content (AvgIpc) is 2.75. The maximum atomic E-state index is 12.6. The lowest BCUT2D eigenvalue weighted by atomic mass is 10.1. The molecule has 4 heteroatoms. The molecule has 114 valence electrons. The zero-order valence-electron chi connectivity index (χ0n) is 13.1. The van der Waals surface area contributed by atoms with E-state index >= 15 is 0 Å². The van der Waals surface area contributed by atoms with Gasteiger partial charge in [0.15, 0.2) is 0 Å². The minimum atomic E-state index is -0.126. The van der Waals surface area contributed by atoms with E-state index in [1.807, 2.05) is 43.3 Å². The lowest BCUT2D eigenvalue weighted by molar-refractivity contribution is -0.120. The Morgan fingerprint density at radius 3 is 2.50 bits per heavy atom. The van der Waals surface area contributed by atoms with Crippen LogP contribution in [0.15, 0.2) is 36.4 Å². The van der Waals surface area contributed by atoms with E-state index in [1.165, 1.54) is 0 Å². The monoisotopic (exact) mass is 296 g/mol. The van der Waals surface area contributed by atoms with Crippen molar-refractivity contribution in [1.29, 1.82) is 0 Å². The molecule has 0 aromatic heterocycles. The summed E-state index contributed by atoms with van der Waals surface area (Å²) in [5, 5.41) is 4.93. The van der Waals surface area contributed by atoms with Crippen molar-refractivity contribution in [3.8, 4) is 0 Å². The second kappa shape index (κ2) is 5.44. The van der Waals surface area contributed by atoms with Crippen molar-refractivity contribution in [2.24, 2.45) is 5.92 Å². The number of rotatable bonds is 4. The molecule has 0 radical (unpaired) electrons. The second-order valence-corrected chi connectivity index (χ2v) is 6.17. The molecule has 22 heavy (non-hydrogen) atoms. The van der Waals surface area contributed by atoms with E-state index in [-0.39, 0.29) is 24.4 Å². The third-order valence-electron chi connectivity index (χ3n) is 4.34. The van der Waals surface area contributed by atoms with Crippen molar-refractivity contribution in [3.05, 3.63) is 42.0 Å². The van der Waals surface area contributed by atoms with Gasteiger partial charge in [-0.25, -0.2) is 0 Å². The standard InChI is InChI=1S/C18H20N2O2/c1-11(2)12(3)19-16(21)10-20-15-9-5-7-13-6-4-8-14(17(13)15)18(20)22/h4-9,11-12H,10H2,1-3H3,(H,19,21)/t12-/m1/s1. The fourth-order valence-electron chi connectivity index (χ4n) is 2.75. The first-order valence-electron chi connectivity index (χ1n) is 7.62. The smallest absolute Gasteiger partial charge is 0.259 e. The van der Waals surface area contributed by atoms with Crippen LogP contribution in [0, 0.1) is 5.92 Å². The van der Waals surface area contributed by atoms with Crippen LogP contribution in [0.4, 0.5) is 5.69 Å². The van der Waals surface area contributed by atoms with Gasteiger partial charge in [-0.1, -0.05) is 38.1 Å². The van der Waals surface area contributed by atoms with Crippen LogP contribution >= 0.6 is 0 Å². The molecular weight excluding hydrogens is 276 g/mol. The quantitative estimate of drug-likeness (QED) is 0.943. The van der Waals surface area contributed by atoms with E-state index in [4.69, 9.17) is 0 Å². The van der Waals surface area contributed by atoms with Crippen molar-refractivity contribution >= 4 is 28.3 Å². The molecule has 0 bridgehead atoms. The lowest BCUT2D eigenvalue weighted by Crippen LogP contribution is -2.43. The summed E-state index contributed by atoms with van der Waals surface area (Å²) >= 11 is 0. The Bertz CT molecular complexity index is 747. The first-order chi connectivity index (χ1) is 10.5. The number of nitrogens with one attached hydrogen (secondary N) is 1. The normalized spacial score (nSPS) is 14.7. The summed E-state index contributed by atoms with van der Waals surface area (Å²) < 4.78 is 0. The highest BCUT2D eigenvalue weighted by Crippen LogP contribution is 2.36. The minimum absolute atomic E-state index is 0.0592. The average molecular weight is 296 g/mol. The molecule has 1 N–H and O–H groups in total. The fraction of sp³-hybridized carbons (Fsp3) is 0.333. The summed E-state index contributed by atoms with van der Waals surface area (Å²) in [6.07, 6.45) is 0. The van der Waals surface area contributed by atoms with E-state index in [9.17, 15) is 9.59 Å². The molecule has 1 atom stereocenters. The van der Waals surface area contributed by atoms with Crippen LogP contribution in [0.25, 0.3) is 10.8 Å². The lowest BCUT2D eigenvalue weighted by Gasteiger charge is -2.21. The highest BCUT2D eigenvalue weighted by Gasteiger charge is 2.31. The maximum absolute atomic E-state index is 12.6. The van der Waals surface area contributed by atoms with Gasteiger partial charge in [-0.15, -0.1) is 0 Å². The second-order valence-electron chi connectivity index (χ2n) is 6.17. The molecule has 0 saturated heterocycles. The summed E-state index contributed by atoms with van der Waals surface area (Å²) in [5.41, 5.74) is 1.50. The highest BCUT2D eigenvalue weighted by molar-refractivity contribution is 6.26. The Balaban J connectivity index is 1.87. The number of hydrogen-bond donors (Lipinski definition) is 1. The molecule has 2 amide bonds. The van der Waals surface area contributed by atoms with E-state index in [1.54, 1.807) is 4.90 Å². The molecule has 1 heterocycles. The molecule has 1 aliphatic rings. The molecular formula is C18H20N2O2. The Morgan fingerprint density at radius 2 is 1.82 bits per heavy atom. The third-order valence-corrected chi connectivity index (χ3v) is 4.34. The number of carbonyl (C=O) groups is 2. The van der Waals surface area contributed by atoms with E-state index in [0.29, 0.717) is 11.5 Å². The zero-order valence-corrected chi connectivity index (χ0v) is 13.1. The molecule has 2 aromatic carbocycles. The highest BCUT2D eigenvalue weighted by atomic mass is 16.2. The van der Waals surface area contributed by atoms with Gasteiger partial charge in [-0.3, -0.25) is 14.5 Å². The number of benzene rings is 2. The Labute approximate surface area is 130 Å². The SMILES string of the molecule is CC(C)[C@@H](C)NC(=O)CN1C(=O)c2cccc3cccc1c23. The molecule has 0 saturated carbocycles. The Kier molecular flexibility index (Phi) is 3.61. The van der Waals surface area contributed by atoms with Gasteiger partial charge in [0, 0.05) is 17.0 Å². The Morgan fingerprint density at radius 1 is 1.14 bits per heavy atom. The van der Waals surface area contributed by atoms with Gasteiger partial charge in [0.05, 0.1) is 5.69 Å². The van der Waals surface area contributed by atoms with E-state index in [2.05, 4.69) is 19.2 Å². The van der Waals surface area contributed by atoms with Gasteiger partial charge in [0.2, 0.25) is 5.91 Å². The predicted molar refractivity (Wildman–Crippen MR) is 88.1 cm³/mol. The molecule has 2 aromatic rings. The first kappa shape index (κ1) is 14.6. The van der Waals surface area contributed by atoms with Crippen molar-refractivity contribution < 1.29 is 9.59 Å². The summed E-state index contributed by atoms with van der Waals surface area (Å²) in [5.74, 6) is 0.136. The van der Waals surface area contributed by atoms with Gasteiger partial charge in [0.25, 0.3) is 5.91 Å². The van der Waals surface area contributed by atoms with Gasteiger partial charge in [-0.05, 0) is 30.4 Å². The summed E-state index contributed by atoms with van der Waals surface area (Å²) in [4.78, 5) is 26.4. The molecule has 4 nitrogen and oxygen atoms in total. The van der Waals surface area contributed by atoms with Crippen LogP contribution in [0.3, 0.4) is 0 Å². The number of carbonyl (C=O) groups excluding carboxylic acids is 2. The molecule has 0 fully saturated rings. The Hall–Kier alpha value is -2.36. The molecule has 3 rings (SSSR count). The van der Waals surface area contributed by atoms with E-state index in [0.717, 1.165) is 16.5 Å². The molecule has 0 spiro atoms. The van der Waals surface area contributed by atoms with Crippen molar-refractivity contribution in [2.45, 2.75) is 26.8 Å². The molecule has 0 unspecified atom stereocenters. The number of amides is 2. The van der Waals surface area contributed by atoms with Crippen molar-refractivity contribution in [1.82, 2.24) is 5.32 Å². The number of hydrogen-bond acceptors (Lipinski definition) is 2. The zero-order chi connectivity index (χ0) is 15.9. The van der Waals surface area contributed by atoms with Gasteiger partial charge >= 0.3 is 0 Å². The van der Waals surface area contributed by atoms with Crippen molar-refractivity contribution in [2.75, 3.05) is 11.4 Å². The summed E-state index contributed by atoms with van der Waals surface area (Å²) in [7, 11) is 0. The topological polar surface area (TPSA) is 49.4 Å². The van der Waals surface area contributed by atoms with Crippen LogP contribution < -0.4 is 10.2 Å². The summed E-state index contributed by atoms with van der Waals surface area (Å²) in [6, 6.07) is 11.6. The molecule has 0 aliphatic carbocycles.